The maximum atomic E-state index is 12.3. The average molecular weight is 386 g/mol. The van der Waals surface area contributed by atoms with Crippen molar-refractivity contribution < 1.29 is 4.79 Å². The van der Waals surface area contributed by atoms with Gasteiger partial charge in [-0.25, -0.2) is 4.68 Å². The summed E-state index contributed by atoms with van der Waals surface area (Å²) < 4.78 is 1.68. The van der Waals surface area contributed by atoms with E-state index in [4.69, 9.17) is 5.73 Å². The van der Waals surface area contributed by atoms with Gasteiger partial charge >= 0.3 is 0 Å². The Balaban J connectivity index is 0.00000261. The van der Waals surface area contributed by atoms with E-state index in [-0.39, 0.29) is 24.4 Å². The lowest BCUT2D eigenvalue weighted by Crippen LogP contribution is -2.29. The van der Waals surface area contributed by atoms with Gasteiger partial charge in [-0.1, -0.05) is 47.7 Å². The highest BCUT2D eigenvalue weighted by Gasteiger charge is 2.17. The minimum Gasteiger partial charge on any atom is -0.351 e. The summed E-state index contributed by atoms with van der Waals surface area (Å²) in [5.41, 5.74) is 9.88. The second kappa shape index (κ2) is 9.30. The van der Waals surface area contributed by atoms with E-state index in [1.165, 1.54) is 0 Å². The Hall–Kier alpha value is -2.70. The molecule has 1 aromatic heterocycles. The summed E-state index contributed by atoms with van der Waals surface area (Å²) in [5.74, 6) is -0.227. The third kappa shape index (κ3) is 4.93. The van der Waals surface area contributed by atoms with Crippen molar-refractivity contribution in [2.75, 3.05) is 6.54 Å². The number of hydrogen-bond donors (Lipinski definition) is 2. The van der Waals surface area contributed by atoms with Gasteiger partial charge in [0.05, 0.1) is 11.4 Å². The largest absolute Gasteiger partial charge is 0.351 e. The molecule has 7 heteroatoms. The topological polar surface area (TPSA) is 85.8 Å². The summed E-state index contributed by atoms with van der Waals surface area (Å²) in [7, 11) is 0. The van der Waals surface area contributed by atoms with Gasteiger partial charge in [0, 0.05) is 12.6 Å². The maximum Gasteiger partial charge on any atom is 0.273 e. The van der Waals surface area contributed by atoms with E-state index in [0.717, 1.165) is 23.2 Å². The highest BCUT2D eigenvalue weighted by Crippen LogP contribution is 2.21. The Bertz CT molecular complexity index is 875. The molecule has 2 aromatic carbocycles. The molecule has 1 atom stereocenters. The first kappa shape index (κ1) is 20.6. The first-order valence-electron chi connectivity index (χ1n) is 8.68. The minimum absolute atomic E-state index is 0. The third-order valence-electron chi connectivity index (χ3n) is 4.21. The van der Waals surface area contributed by atoms with Gasteiger partial charge in [-0.15, -0.1) is 17.5 Å². The Kier molecular flexibility index (Phi) is 7.10. The van der Waals surface area contributed by atoms with E-state index in [9.17, 15) is 4.79 Å². The van der Waals surface area contributed by atoms with E-state index >= 15 is 0 Å². The molecule has 1 unspecified atom stereocenters. The third-order valence-corrected chi connectivity index (χ3v) is 4.21. The highest BCUT2D eigenvalue weighted by atomic mass is 35.5. The maximum absolute atomic E-state index is 12.3. The predicted molar refractivity (Wildman–Crippen MR) is 109 cm³/mol. The smallest absolute Gasteiger partial charge is 0.273 e. The molecule has 3 rings (SSSR count). The predicted octanol–water partition coefficient (Wildman–Crippen LogP) is 3.13. The summed E-state index contributed by atoms with van der Waals surface area (Å²) in [5, 5.41) is 11.0. The number of halogens is 1. The molecule has 0 radical (unpaired) electrons. The summed E-state index contributed by atoms with van der Waals surface area (Å²) >= 11 is 0. The minimum atomic E-state index is -0.227. The molecule has 0 bridgehead atoms. The fraction of sp³-hybridized carbons (Fsp3) is 0.250. The van der Waals surface area contributed by atoms with E-state index in [1.54, 1.807) is 4.68 Å². The van der Waals surface area contributed by atoms with Crippen LogP contribution in [0.1, 0.15) is 29.5 Å². The molecule has 0 aliphatic rings. The molecule has 0 aliphatic carbocycles. The Morgan fingerprint density at radius 2 is 1.74 bits per heavy atom. The Morgan fingerprint density at radius 3 is 2.37 bits per heavy atom. The number of aromatic nitrogens is 3. The molecule has 27 heavy (non-hydrogen) atoms. The summed E-state index contributed by atoms with van der Waals surface area (Å²) in [4.78, 5) is 12.3. The molecule has 0 spiro atoms. The molecule has 0 aliphatic heterocycles. The van der Waals surface area contributed by atoms with E-state index in [0.29, 0.717) is 17.9 Å². The summed E-state index contributed by atoms with van der Waals surface area (Å²) in [6.45, 7) is 4.27. The van der Waals surface area contributed by atoms with Gasteiger partial charge in [0.25, 0.3) is 5.91 Å². The zero-order valence-electron chi connectivity index (χ0n) is 15.4. The van der Waals surface area contributed by atoms with Crippen LogP contribution in [-0.4, -0.2) is 33.5 Å². The first-order chi connectivity index (χ1) is 12.6. The van der Waals surface area contributed by atoms with Crippen molar-refractivity contribution in [2.45, 2.75) is 26.3 Å². The van der Waals surface area contributed by atoms with Crippen LogP contribution < -0.4 is 11.1 Å². The fourth-order valence-electron chi connectivity index (χ4n) is 2.71. The first-order valence-corrected chi connectivity index (χ1v) is 8.68. The number of hydrogen-bond acceptors (Lipinski definition) is 4. The number of rotatable bonds is 6. The molecule has 0 saturated carbocycles. The Labute approximate surface area is 165 Å². The van der Waals surface area contributed by atoms with Gasteiger partial charge in [0.15, 0.2) is 5.69 Å². The van der Waals surface area contributed by atoms with Gasteiger partial charge in [-0.3, -0.25) is 4.79 Å². The van der Waals surface area contributed by atoms with Crippen LogP contribution in [0, 0.1) is 6.92 Å². The van der Waals surface area contributed by atoms with Crippen LogP contribution in [0.5, 0.6) is 0 Å². The molecule has 0 saturated heterocycles. The number of nitrogens with one attached hydrogen (secondary N) is 1. The quantitative estimate of drug-likeness (QED) is 0.682. The molecule has 3 N–H and O–H groups in total. The second-order valence-electron chi connectivity index (χ2n) is 6.37. The molecule has 142 valence electrons. The van der Waals surface area contributed by atoms with E-state index in [2.05, 4.69) is 27.8 Å². The normalized spacial score (nSPS) is 11.5. The van der Waals surface area contributed by atoms with Crippen LogP contribution >= 0.6 is 12.4 Å². The highest BCUT2D eigenvalue weighted by molar-refractivity contribution is 5.93. The van der Waals surface area contributed by atoms with Gasteiger partial charge in [-0.05, 0) is 43.5 Å². The van der Waals surface area contributed by atoms with Crippen LogP contribution in [-0.2, 0) is 0 Å². The molecular weight excluding hydrogens is 362 g/mol. The fourth-order valence-corrected chi connectivity index (χ4v) is 2.71. The molecule has 1 heterocycles. The monoisotopic (exact) mass is 385 g/mol. The van der Waals surface area contributed by atoms with Crippen molar-refractivity contribution in [3.63, 3.8) is 0 Å². The number of carbonyl (C=O) groups excluding carboxylic acids is 1. The SMILES string of the molecule is Cc1c(C(=O)NCCC(C)N)nnn1-c1ccc(-c2ccccc2)cc1.Cl. The number of nitrogens with two attached hydrogens (primary N) is 1. The summed E-state index contributed by atoms with van der Waals surface area (Å²) in [6, 6.07) is 18.2. The van der Waals surface area contributed by atoms with Crippen LogP contribution in [0.15, 0.2) is 54.6 Å². The van der Waals surface area contributed by atoms with Crippen molar-refractivity contribution >= 4 is 18.3 Å². The molecule has 0 fully saturated rings. The number of benzene rings is 2. The van der Waals surface area contributed by atoms with Crippen molar-refractivity contribution in [3.05, 3.63) is 66.0 Å². The lowest BCUT2D eigenvalue weighted by Gasteiger charge is -2.07. The van der Waals surface area contributed by atoms with Crippen LogP contribution in [0.3, 0.4) is 0 Å². The van der Waals surface area contributed by atoms with Gasteiger partial charge in [-0.2, -0.15) is 0 Å². The molecular formula is C20H24ClN5O. The zero-order valence-corrected chi connectivity index (χ0v) is 16.2. The average Bonchev–Trinajstić information content (AvgIpc) is 3.04. The van der Waals surface area contributed by atoms with Gasteiger partial charge < -0.3 is 11.1 Å². The Morgan fingerprint density at radius 1 is 1.11 bits per heavy atom. The standard InChI is InChI=1S/C20H23N5O.ClH/c1-14(21)12-13-22-20(26)19-15(2)25(24-23-19)18-10-8-17(9-11-18)16-6-4-3-5-7-16;/h3-11,14H,12-13,21H2,1-2H3,(H,22,26);1H. The van der Waals surface area contributed by atoms with Crippen LogP contribution in [0.4, 0.5) is 0 Å². The van der Waals surface area contributed by atoms with Crippen molar-refractivity contribution in [1.82, 2.24) is 20.3 Å². The number of carbonyl (C=O) groups is 1. The van der Waals surface area contributed by atoms with Crippen LogP contribution in [0.2, 0.25) is 0 Å². The van der Waals surface area contributed by atoms with Gasteiger partial charge in [0.1, 0.15) is 0 Å². The molecule has 3 aromatic rings. The van der Waals surface area contributed by atoms with Crippen molar-refractivity contribution in [1.29, 1.82) is 0 Å². The zero-order chi connectivity index (χ0) is 18.5. The van der Waals surface area contributed by atoms with E-state index < -0.39 is 0 Å². The van der Waals surface area contributed by atoms with E-state index in [1.807, 2.05) is 56.3 Å². The second-order valence-corrected chi connectivity index (χ2v) is 6.37. The van der Waals surface area contributed by atoms with Crippen LogP contribution in [0.25, 0.3) is 16.8 Å². The lowest BCUT2D eigenvalue weighted by molar-refractivity contribution is 0.0947. The summed E-state index contributed by atoms with van der Waals surface area (Å²) in [6.07, 6.45) is 0.722. The molecule has 1 amide bonds. The van der Waals surface area contributed by atoms with Crippen molar-refractivity contribution in [3.8, 4) is 16.8 Å². The molecule has 6 nitrogen and oxygen atoms in total. The number of amides is 1. The van der Waals surface area contributed by atoms with Gasteiger partial charge in [0.2, 0.25) is 0 Å². The lowest BCUT2D eigenvalue weighted by atomic mass is 10.1. The number of nitrogens with zero attached hydrogens (tertiary/aromatic N) is 3. The van der Waals surface area contributed by atoms with Crippen molar-refractivity contribution in [2.24, 2.45) is 5.73 Å².